The lowest BCUT2D eigenvalue weighted by Crippen LogP contribution is -2.61. The molecular weight excluding hydrogens is 606 g/mol. The number of nitrogens with zero attached hydrogens (tertiary/aromatic N) is 2. The number of amides is 3. The molecule has 5 unspecified atom stereocenters. The Bertz CT molecular complexity index is 1320. The van der Waals surface area contributed by atoms with Crippen molar-refractivity contribution in [3.63, 3.8) is 0 Å². The number of nitrogens with one attached hydrogen (secondary N) is 3. The minimum absolute atomic E-state index is 0.245. The Morgan fingerprint density at radius 3 is 2.62 bits per heavy atom. The molecule has 1 aromatic heterocycles. The second kappa shape index (κ2) is 13.6. The lowest BCUT2D eigenvalue weighted by Gasteiger charge is -2.38. The van der Waals surface area contributed by atoms with Crippen molar-refractivity contribution >= 4 is 44.6 Å². The summed E-state index contributed by atoms with van der Waals surface area (Å²) >= 11 is 3.47. The van der Waals surface area contributed by atoms with Crippen molar-refractivity contribution < 1.29 is 29.0 Å². The highest BCUT2D eigenvalue weighted by Gasteiger charge is 2.40. The second-order valence-corrected chi connectivity index (χ2v) is 12.5. The number of hydrogen-bond acceptors (Lipinski definition) is 8. The van der Waals surface area contributed by atoms with E-state index in [4.69, 9.17) is 14.5 Å². The average Bonchev–Trinajstić information content (AvgIpc) is 2.94. The van der Waals surface area contributed by atoms with Crippen LogP contribution in [-0.2, 0) is 23.9 Å². The molecule has 4 N–H and O–H groups in total. The smallest absolute Gasteiger partial charge is 0.258 e. The topological polar surface area (TPSA) is 142 Å². The van der Waals surface area contributed by atoms with Gasteiger partial charge in [0.15, 0.2) is 6.29 Å². The molecule has 42 heavy (non-hydrogen) atoms. The molecule has 3 heterocycles. The van der Waals surface area contributed by atoms with Crippen LogP contribution >= 0.6 is 15.9 Å². The van der Waals surface area contributed by atoms with Gasteiger partial charge in [-0.3, -0.25) is 24.4 Å². The third kappa shape index (κ3) is 7.54. The van der Waals surface area contributed by atoms with Crippen molar-refractivity contribution in [1.29, 1.82) is 0 Å². The fourth-order valence-corrected chi connectivity index (χ4v) is 5.04. The zero-order chi connectivity index (χ0) is 30.6. The maximum atomic E-state index is 13.3. The quantitative estimate of drug-likeness (QED) is 0.216. The van der Waals surface area contributed by atoms with Crippen molar-refractivity contribution in [2.45, 2.75) is 71.1 Å². The summed E-state index contributed by atoms with van der Waals surface area (Å²) in [5.41, 5.74) is 3.79. The van der Waals surface area contributed by atoms with Gasteiger partial charge in [-0.2, -0.15) is 0 Å². The molecular formula is C30H40BrN5O6. The molecule has 12 heteroatoms. The van der Waals surface area contributed by atoms with E-state index in [1.807, 2.05) is 37.3 Å². The molecule has 0 aliphatic carbocycles. The third-order valence-electron chi connectivity index (χ3n) is 7.76. The summed E-state index contributed by atoms with van der Waals surface area (Å²) in [6.07, 6.45) is 0.456. The largest absolute Gasteiger partial charge is 0.380 e. The van der Waals surface area contributed by atoms with Gasteiger partial charge in [-0.15, -0.1) is 6.58 Å². The zero-order valence-corrected chi connectivity index (χ0v) is 26.0. The highest BCUT2D eigenvalue weighted by Crippen LogP contribution is 2.27. The fourth-order valence-electron chi connectivity index (χ4n) is 4.69. The molecule has 0 bridgehead atoms. The van der Waals surface area contributed by atoms with Gasteiger partial charge in [0.2, 0.25) is 11.8 Å². The molecule has 1 aromatic carbocycles. The first kappa shape index (κ1) is 32.0. The van der Waals surface area contributed by atoms with Crippen molar-refractivity contribution in [2.24, 2.45) is 11.3 Å². The summed E-state index contributed by atoms with van der Waals surface area (Å²) in [6, 6.07) is 7.84. The van der Waals surface area contributed by atoms with E-state index in [0.29, 0.717) is 32.6 Å². The summed E-state index contributed by atoms with van der Waals surface area (Å²) in [7, 11) is 0. The Kier molecular flexibility index (Phi) is 10.4. The Balaban J connectivity index is 1.34. The van der Waals surface area contributed by atoms with Crippen molar-refractivity contribution in [2.75, 3.05) is 19.8 Å². The van der Waals surface area contributed by atoms with Crippen LogP contribution in [-0.4, -0.2) is 77.1 Å². The Morgan fingerprint density at radius 2 is 1.95 bits per heavy atom. The highest BCUT2D eigenvalue weighted by molar-refractivity contribution is 9.10. The van der Waals surface area contributed by atoms with E-state index in [2.05, 4.69) is 38.6 Å². The molecule has 4 rings (SSSR count). The van der Waals surface area contributed by atoms with Crippen LogP contribution in [0.1, 0.15) is 52.3 Å². The summed E-state index contributed by atoms with van der Waals surface area (Å²) in [5.74, 6) is -1.39. The second-order valence-electron chi connectivity index (χ2n) is 11.6. The summed E-state index contributed by atoms with van der Waals surface area (Å²) in [6.45, 7) is 11.7. The number of aromatic nitrogens is 1. The number of ether oxygens (including phenoxy) is 2. The first-order chi connectivity index (χ1) is 19.9. The predicted molar refractivity (Wildman–Crippen MR) is 161 cm³/mol. The van der Waals surface area contributed by atoms with E-state index >= 15 is 0 Å². The third-order valence-corrected chi connectivity index (χ3v) is 8.26. The lowest BCUT2D eigenvalue weighted by atomic mass is 9.92. The standard InChI is InChI=1S/C30H40BrN5O6/c1-6-30(4,5)29(40)42-25(20-15-41-16-20)27(38)33-18(3)28(39)36-13-7-8-23(35-36)26(37)32-17(2)22-12-10-19-9-11-21(31)14-24(19)34-22/h6,9-12,14,17-18,20,23,25,29,35,40H,1,7-8,13,15-16H2,2-5H3,(H,32,37)(H,33,38). The first-order valence-corrected chi connectivity index (χ1v) is 15.0. The molecule has 11 nitrogen and oxygen atoms in total. The normalized spacial score (nSPS) is 20.6. The number of aliphatic hydroxyl groups excluding tert-OH is 1. The minimum atomic E-state index is -1.27. The zero-order valence-electron chi connectivity index (χ0n) is 24.4. The fraction of sp³-hybridized carbons (Fsp3) is 0.533. The maximum absolute atomic E-state index is 13.3. The summed E-state index contributed by atoms with van der Waals surface area (Å²) < 4.78 is 11.9. The van der Waals surface area contributed by atoms with E-state index in [-0.39, 0.29) is 23.8 Å². The number of benzene rings is 1. The van der Waals surface area contributed by atoms with Gasteiger partial charge in [0.25, 0.3) is 5.91 Å². The van der Waals surface area contributed by atoms with E-state index in [1.54, 1.807) is 26.8 Å². The number of halogens is 1. The van der Waals surface area contributed by atoms with Gasteiger partial charge >= 0.3 is 0 Å². The molecule has 3 amide bonds. The number of rotatable bonds is 11. The molecule has 5 atom stereocenters. The molecule has 0 saturated carbocycles. The number of aliphatic hydroxyl groups is 1. The number of fused-ring (bicyclic) bond motifs is 1. The van der Waals surface area contributed by atoms with Gasteiger partial charge in [0.1, 0.15) is 18.2 Å². The van der Waals surface area contributed by atoms with Gasteiger partial charge in [0.05, 0.1) is 30.5 Å². The van der Waals surface area contributed by atoms with Crippen LogP contribution in [0.15, 0.2) is 47.5 Å². The number of pyridine rings is 1. The lowest BCUT2D eigenvalue weighted by molar-refractivity contribution is -0.217. The Morgan fingerprint density at radius 1 is 1.24 bits per heavy atom. The molecule has 2 aliphatic heterocycles. The monoisotopic (exact) mass is 645 g/mol. The number of carbonyl (C=O) groups excluding carboxylic acids is 3. The SMILES string of the molecule is C=CC(C)(C)C(O)OC(C(=O)NC(C)C(=O)N1CCCC(C(=O)NC(C)c2ccc3ccc(Br)cc3n2)N1)C1COC1. The summed E-state index contributed by atoms with van der Waals surface area (Å²) in [5, 5.41) is 18.6. The summed E-state index contributed by atoms with van der Waals surface area (Å²) in [4.78, 5) is 44.3. The van der Waals surface area contributed by atoms with E-state index in [9.17, 15) is 19.5 Å². The molecule has 228 valence electrons. The van der Waals surface area contributed by atoms with Gasteiger partial charge in [-0.25, -0.2) is 5.43 Å². The van der Waals surface area contributed by atoms with Crippen LogP contribution in [0.3, 0.4) is 0 Å². The minimum Gasteiger partial charge on any atom is -0.380 e. The van der Waals surface area contributed by atoms with Crippen LogP contribution in [0.2, 0.25) is 0 Å². The van der Waals surface area contributed by atoms with Gasteiger partial charge in [-0.05, 0) is 44.9 Å². The first-order valence-electron chi connectivity index (χ1n) is 14.2. The highest BCUT2D eigenvalue weighted by atomic mass is 79.9. The Hall–Kier alpha value is -2.90. The molecule has 2 aromatic rings. The van der Waals surface area contributed by atoms with Crippen LogP contribution in [0.4, 0.5) is 0 Å². The van der Waals surface area contributed by atoms with Gasteiger partial charge < -0.3 is 25.2 Å². The van der Waals surface area contributed by atoms with Crippen LogP contribution in [0.5, 0.6) is 0 Å². The number of carbonyl (C=O) groups is 3. The maximum Gasteiger partial charge on any atom is 0.258 e. The molecule has 2 aliphatic rings. The van der Waals surface area contributed by atoms with Gasteiger partial charge in [0, 0.05) is 27.7 Å². The average molecular weight is 647 g/mol. The van der Waals surface area contributed by atoms with Crippen molar-refractivity contribution in [3.8, 4) is 0 Å². The van der Waals surface area contributed by atoms with Crippen LogP contribution < -0.4 is 16.1 Å². The van der Waals surface area contributed by atoms with E-state index < -0.39 is 35.8 Å². The number of hydrogen-bond donors (Lipinski definition) is 4. The van der Waals surface area contributed by atoms with Crippen LogP contribution in [0.25, 0.3) is 10.9 Å². The Labute approximate surface area is 254 Å². The molecule has 2 saturated heterocycles. The van der Waals surface area contributed by atoms with Crippen molar-refractivity contribution in [3.05, 3.63) is 53.2 Å². The van der Waals surface area contributed by atoms with E-state index in [0.717, 1.165) is 21.1 Å². The number of hydrazine groups is 1. The predicted octanol–water partition coefficient (Wildman–Crippen LogP) is 2.74. The molecule has 2 fully saturated rings. The molecule has 0 spiro atoms. The van der Waals surface area contributed by atoms with Gasteiger partial charge in [-0.1, -0.05) is 48.0 Å². The van der Waals surface area contributed by atoms with Crippen molar-refractivity contribution in [1.82, 2.24) is 26.1 Å². The van der Waals surface area contributed by atoms with Crippen LogP contribution in [0, 0.1) is 11.3 Å². The van der Waals surface area contributed by atoms with E-state index in [1.165, 1.54) is 5.01 Å². The molecule has 0 radical (unpaired) electrons.